The number of benzene rings is 1. The summed E-state index contributed by atoms with van der Waals surface area (Å²) in [5.74, 6) is -0.850. The molecule has 2 nitrogen and oxygen atoms in total. The topological polar surface area (TPSA) is 37.3 Å². The van der Waals surface area contributed by atoms with Crippen LogP contribution in [-0.2, 0) is 16.9 Å². The number of carboxylic acid groups (broad SMARTS) is 1. The van der Waals surface area contributed by atoms with E-state index in [1.54, 1.807) is 12.1 Å². The van der Waals surface area contributed by atoms with Gasteiger partial charge in [0.25, 0.3) is 0 Å². The molecule has 0 aromatic heterocycles. The fourth-order valence-electron chi connectivity index (χ4n) is 1.75. The molecule has 80 valence electrons. The van der Waals surface area contributed by atoms with Gasteiger partial charge in [0.05, 0.1) is 5.41 Å². The van der Waals surface area contributed by atoms with Gasteiger partial charge in [0.2, 0.25) is 0 Å². The minimum absolute atomic E-state index is 0.352. The molecule has 0 heterocycles. The molecule has 0 saturated heterocycles. The first kappa shape index (κ1) is 10.4. The van der Waals surface area contributed by atoms with Crippen LogP contribution in [0.25, 0.3) is 0 Å². The Morgan fingerprint density at radius 2 is 2.20 bits per heavy atom. The maximum atomic E-state index is 12.3. The number of alkyl halides is 1. The van der Waals surface area contributed by atoms with Crippen LogP contribution in [0.15, 0.2) is 18.2 Å². The summed E-state index contributed by atoms with van der Waals surface area (Å²) in [6.45, 7) is -0.583. The van der Waals surface area contributed by atoms with E-state index in [4.69, 9.17) is 16.7 Å². The Bertz CT molecular complexity index is 413. The Hall–Kier alpha value is -1.09. The van der Waals surface area contributed by atoms with Crippen LogP contribution in [0.1, 0.15) is 24.0 Å². The molecule has 1 aliphatic carbocycles. The van der Waals surface area contributed by atoms with Crippen molar-refractivity contribution in [3.05, 3.63) is 34.3 Å². The first-order valence-electron chi connectivity index (χ1n) is 4.68. The van der Waals surface area contributed by atoms with Crippen molar-refractivity contribution < 1.29 is 14.3 Å². The molecule has 0 radical (unpaired) electrons. The monoisotopic (exact) mass is 228 g/mol. The number of rotatable bonds is 3. The van der Waals surface area contributed by atoms with E-state index < -0.39 is 18.1 Å². The number of aliphatic carboxylic acids is 1. The molecule has 0 spiro atoms. The molecule has 0 unspecified atom stereocenters. The molecule has 0 amide bonds. The average Bonchev–Trinajstić information content (AvgIpc) is 2.98. The second-order valence-corrected chi connectivity index (χ2v) is 4.24. The highest BCUT2D eigenvalue weighted by Crippen LogP contribution is 2.50. The molecule has 1 aromatic carbocycles. The lowest BCUT2D eigenvalue weighted by molar-refractivity contribution is -0.140. The molecule has 1 aliphatic rings. The molecule has 0 aliphatic heterocycles. The minimum atomic E-state index is -0.850. The normalized spacial score (nSPS) is 17.5. The van der Waals surface area contributed by atoms with Crippen LogP contribution in [0, 0.1) is 0 Å². The predicted molar refractivity (Wildman–Crippen MR) is 54.8 cm³/mol. The Morgan fingerprint density at radius 3 is 2.60 bits per heavy atom. The molecule has 0 bridgehead atoms. The van der Waals surface area contributed by atoms with Gasteiger partial charge in [-0.15, -0.1) is 0 Å². The average molecular weight is 229 g/mol. The van der Waals surface area contributed by atoms with E-state index in [0.29, 0.717) is 29.0 Å². The Morgan fingerprint density at radius 1 is 1.53 bits per heavy atom. The smallest absolute Gasteiger partial charge is 0.314 e. The highest BCUT2D eigenvalue weighted by Gasteiger charge is 2.52. The lowest BCUT2D eigenvalue weighted by Gasteiger charge is -2.12. The zero-order chi connectivity index (χ0) is 11.1. The number of carbonyl (C=O) groups is 1. The van der Waals surface area contributed by atoms with E-state index in [-0.39, 0.29) is 0 Å². The van der Waals surface area contributed by atoms with Gasteiger partial charge in [0, 0.05) is 5.02 Å². The Labute approximate surface area is 91.7 Å². The summed E-state index contributed by atoms with van der Waals surface area (Å²) >= 11 is 5.95. The first-order valence-corrected chi connectivity index (χ1v) is 5.06. The van der Waals surface area contributed by atoms with Crippen LogP contribution < -0.4 is 0 Å². The van der Waals surface area contributed by atoms with Crippen LogP contribution in [0.4, 0.5) is 4.39 Å². The summed E-state index contributed by atoms with van der Waals surface area (Å²) in [6.07, 6.45) is 1.22. The van der Waals surface area contributed by atoms with Crippen LogP contribution in [0.3, 0.4) is 0 Å². The summed E-state index contributed by atoms with van der Waals surface area (Å²) in [5, 5.41) is 9.43. The summed E-state index contributed by atoms with van der Waals surface area (Å²) < 4.78 is 12.3. The summed E-state index contributed by atoms with van der Waals surface area (Å²) in [7, 11) is 0. The van der Waals surface area contributed by atoms with Crippen molar-refractivity contribution >= 4 is 17.6 Å². The Balaban J connectivity index is 2.42. The molecule has 1 fully saturated rings. The van der Waals surface area contributed by atoms with E-state index in [1.165, 1.54) is 6.07 Å². The fourth-order valence-corrected chi connectivity index (χ4v) is 2.14. The third-order valence-corrected chi connectivity index (χ3v) is 3.18. The quantitative estimate of drug-likeness (QED) is 0.864. The van der Waals surface area contributed by atoms with E-state index in [9.17, 15) is 9.18 Å². The van der Waals surface area contributed by atoms with Crippen molar-refractivity contribution in [2.75, 3.05) is 0 Å². The van der Waals surface area contributed by atoms with Gasteiger partial charge < -0.3 is 5.11 Å². The third kappa shape index (κ3) is 1.61. The van der Waals surface area contributed by atoms with E-state index in [0.717, 1.165) is 0 Å². The molecule has 4 heteroatoms. The molecular weight excluding hydrogens is 219 g/mol. The van der Waals surface area contributed by atoms with Crippen molar-refractivity contribution in [3.63, 3.8) is 0 Å². The van der Waals surface area contributed by atoms with E-state index >= 15 is 0 Å². The van der Waals surface area contributed by atoms with E-state index in [1.807, 2.05) is 0 Å². The zero-order valence-electron chi connectivity index (χ0n) is 7.96. The molecule has 1 saturated carbocycles. The maximum Gasteiger partial charge on any atom is 0.314 e. The fraction of sp³-hybridized carbons (Fsp3) is 0.364. The van der Waals surface area contributed by atoms with Crippen LogP contribution in [-0.4, -0.2) is 11.1 Å². The van der Waals surface area contributed by atoms with Gasteiger partial charge in [-0.05, 0) is 30.0 Å². The second kappa shape index (κ2) is 3.49. The number of carboxylic acids is 1. The van der Waals surface area contributed by atoms with Crippen molar-refractivity contribution in [2.45, 2.75) is 24.9 Å². The second-order valence-electron chi connectivity index (χ2n) is 3.84. The molecule has 0 atom stereocenters. The molecule has 2 rings (SSSR count). The van der Waals surface area contributed by atoms with Gasteiger partial charge >= 0.3 is 5.97 Å². The summed E-state index contributed by atoms with van der Waals surface area (Å²) in [5.41, 5.74) is 0.269. The van der Waals surface area contributed by atoms with Crippen LogP contribution >= 0.6 is 11.6 Å². The van der Waals surface area contributed by atoms with Crippen LogP contribution in [0.5, 0.6) is 0 Å². The summed E-state index contributed by atoms with van der Waals surface area (Å²) in [6, 6.07) is 4.71. The third-order valence-electron chi connectivity index (χ3n) is 2.86. The minimum Gasteiger partial charge on any atom is -0.481 e. The van der Waals surface area contributed by atoms with Crippen molar-refractivity contribution in [3.8, 4) is 0 Å². The van der Waals surface area contributed by atoms with Gasteiger partial charge in [-0.3, -0.25) is 4.79 Å². The SMILES string of the molecule is O=C(O)C1(c2ccc(CF)cc2Cl)CC1. The highest BCUT2D eigenvalue weighted by molar-refractivity contribution is 6.32. The largest absolute Gasteiger partial charge is 0.481 e. The predicted octanol–water partition coefficient (Wildman–Crippen LogP) is 2.93. The van der Waals surface area contributed by atoms with Crippen molar-refractivity contribution in [1.29, 1.82) is 0 Å². The molecule has 15 heavy (non-hydrogen) atoms. The van der Waals surface area contributed by atoms with Gasteiger partial charge in [-0.1, -0.05) is 23.7 Å². The molecule has 1 aromatic rings. The zero-order valence-corrected chi connectivity index (χ0v) is 8.72. The summed E-state index contributed by atoms with van der Waals surface area (Å²) in [4.78, 5) is 11.1. The lowest BCUT2D eigenvalue weighted by Crippen LogP contribution is -2.19. The van der Waals surface area contributed by atoms with Gasteiger partial charge in [-0.2, -0.15) is 0 Å². The lowest BCUT2D eigenvalue weighted by atomic mass is 9.95. The molecule has 1 N–H and O–H groups in total. The van der Waals surface area contributed by atoms with Gasteiger partial charge in [0.1, 0.15) is 6.67 Å². The van der Waals surface area contributed by atoms with Crippen molar-refractivity contribution in [2.24, 2.45) is 0 Å². The van der Waals surface area contributed by atoms with Crippen LogP contribution in [0.2, 0.25) is 5.02 Å². The standard InChI is InChI=1S/C11H10ClFO2/c12-9-5-7(6-13)1-2-8(9)11(3-4-11)10(14)15/h1-2,5H,3-4,6H2,(H,14,15). The van der Waals surface area contributed by atoms with E-state index in [2.05, 4.69) is 0 Å². The Kier molecular flexibility index (Phi) is 2.43. The van der Waals surface area contributed by atoms with Crippen molar-refractivity contribution in [1.82, 2.24) is 0 Å². The van der Waals surface area contributed by atoms with Gasteiger partial charge in [-0.25, -0.2) is 4.39 Å². The van der Waals surface area contributed by atoms with Gasteiger partial charge in [0.15, 0.2) is 0 Å². The number of hydrogen-bond acceptors (Lipinski definition) is 1. The number of halogens is 2. The number of hydrogen-bond donors (Lipinski definition) is 1. The first-order chi connectivity index (χ1) is 7.10. The maximum absolute atomic E-state index is 12.3. The molecular formula is C11H10ClFO2. The highest BCUT2D eigenvalue weighted by atomic mass is 35.5.